The van der Waals surface area contributed by atoms with Gasteiger partial charge in [0.1, 0.15) is 0 Å². The van der Waals surface area contributed by atoms with E-state index < -0.39 is 0 Å². The van der Waals surface area contributed by atoms with Crippen molar-refractivity contribution in [3.05, 3.63) is 59.5 Å². The fourth-order valence-electron chi connectivity index (χ4n) is 4.32. The predicted molar refractivity (Wildman–Crippen MR) is 125 cm³/mol. The van der Waals surface area contributed by atoms with Gasteiger partial charge in [-0.3, -0.25) is 4.79 Å². The number of nitrogens with zero attached hydrogens (tertiary/aromatic N) is 3. The zero-order valence-electron chi connectivity index (χ0n) is 19.7. The molecule has 1 amide bonds. The van der Waals surface area contributed by atoms with Gasteiger partial charge in [-0.15, -0.1) is 0 Å². The van der Waals surface area contributed by atoms with Gasteiger partial charge in [-0.1, -0.05) is 49.3 Å². The fourth-order valence-corrected chi connectivity index (χ4v) is 4.32. The molecule has 0 bridgehead atoms. The summed E-state index contributed by atoms with van der Waals surface area (Å²) >= 11 is 0. The number of aromatic nitrogens is 2. The van der Waals surface area contributed by atoms with E-state index in [0.717, 1.165) is 30.5 Å². The molecule has 4 rings (SSSR count). The topological polar surface area (TPSA) is 77.7 Å². The second-order valence-corrected chi connectivity index (χ2v) is 8.65. The van der Waals surface area contributed by atoms with E-state index >= 15 is 0 Å². The average Bonchev–Trinajstić information content (AvgIpc) is 3.52. The molecular formula is C26H31N3O4. The molecule has 0 N–H and O–H groups in total. The van der Waals surface area contributed by atoms with Gasteiger partial charge in [0.25, 0.3) is 0 Å². The number of carbonyl (C=O) groups excluding carboxylic acids is 1. The van der Waals surface area contributed by atoms with Gasteiger partial charge in [-0.25, -0.2) is 0 Å². The van der Waals surface area contributed by atoms with Gasteiger partial charge in [-0.05, 0) is 42.0 Å². The van der Waals surface area contributed by atoms with Gasteiger partial charge >= 0.3 is 0 Å². The molecule has 1 unspecified atom stereocenters. The Morgan fingerprint density at radius 2 is 1.88 bits per heavy atom. The summed E-state index contributed by atoms with van der Waals surface area (Å²) in [5.41, 5.74) is 3.24. The molecule has 2 heterocycles. The number of carbonyl (C=O) groups is 1. The minimum atomic E-state index is 0.0371. The maximum Gasteiger partial charge on any atom is 0.227 e. The Morgan fingerprint density at radius 1 is 1.12 bits per heavy atom. The average molecular weight is 450 g/mol. The minimum absolute atomic E-state index is 0.0371. The first-order valence-corrected chi connectivity index (χ1v) is 11.4. The van der Waals surface area contributed by atoms with Crippen molar-refractivity contribution >= 4 is 5.91 Å². The standard InChI is InChI=1S/C26H31N3O4/c1-17(2)18-7-9-19(10-8-18)26-27-24(33-28-26)13-14-25(30)29-15-5-6-21(29)20-11-12-22(31-3)23(16-20)32-4/h7-12,16-17,21H,5-6,13-15H2,1-4H3. The molecule has 174 valence electrons. The molecule has 1 atom stereocenters. The molecule has 0 saturated carbocycles. The Labute approximate surface area is 194 Å². The van der Waals surface area contributed by atoms with Crippen LogP contribution in [0.3, 0.4) is 0 Å². The Balaban J connectivity index is 1.39. The number of methoxy groups -OCH3 is 2. The van der Waals surface area contributed by atoms with Crippen LogP contribution in [0.4, 0.5) is 0 Å². The number of likely N-dealkylation sites (tertiary alicyclic amines) is 1. The zero-order chi connectivity index (χ0) is 23.4. The molecule has 0 spiro atoms. The summed E-state index contributed by atoms with van der Waals surface area (Å²) in [4.78, 5) is 19.5. The van der Waals surface area contributed by atoms with E-state index in [1.807, 2.05) is 35.2 Å². The lowest BCUT2D eigenvalue weighted by atomic mass is 10.0. The first-order chi connectivity index (χ1) is 16.0. The van der Waals surface area contributed by atoms with E-state index in [-0.39, 0.29) is 11.9 Å². The van der Waals surface area contributed by atoms with Crippen molar-refractivity contribution in [1.29, 1.82) is 0 Å². The molecular weight excluding hydrogens is 418 g/mol. The van der Waals surface area contributed by atoms with Gasteiger partial charge < -0.3 is 18.9 Å². The number of hydrogen-bond donors (Lipinski definition) is 0. The first-order valence-electron chi connectivity index (χ1n) is 11.4. The first kappa shape index (κ1) is 22.8. The van der Waals surface area contributed by atoms with Crippen LogP contribution in [-0.2, 0) is 11.2 Å². The summed E-state index contributed by atoms with van der Waals surface area (Å²) in [6.45, 7) is 5.07. The van der Waals surface area contributed by atoms with Gasteiger partial charge in [0.15, 0.2) is 11.5 Å². The summed E-state index contributed by atoms with van der Waals surface area (Å²) in [6, 6.07) is 14.1. The van der Waals surface area contributed by atoms with Crippen molar-refractivity contribution in [1.82, 2.24) is 15.0 Å². The quantitative estimate of drug-likeness (QED) is 0.472. The fraction of sp³-hybridized carbons (Fsp3) is 0.423. The smallest absolute Gasteiger partial charge is 0.227 e. The lowest BCUT2D eigenvalue weighted by Crippen LogP contribution is -2.30. The minimum Gasteiger partial charge on any atom is -0.493 e. The van der Waals surface area contributed by atoms with E-state index in [2.05, 4.69) is 36.1 Å². The summed E-state index contributed by atoms with van der Waals surface area (Å²) in [7, 11) is 3.24. The van der Waals surface area contributed by atoms with Gasteiger partial charge in [0.05, 0.1) is 20.3 Å². The summed E-state index contributed by atoms with van der Waals surface area (Å²) in [6.07, 6.45) is 2.66. The van der Waals surface area contributed by atoms with Crippen molar-refractivity contribution in [2.45, 2.75) is 51.5 Å². The predicted octanol–water partition coefficient (Wildman–Crippen LogP) is 5.17. The van der Waals surface area contributed by atoms with Crippen LogP contribution < -0.4 is 9.47 Å². The number of hydrogen-bond acceptors (Lipinski definition) is 6. The molecule has 0 aliphatic carbocycles. The van der Waals surface area contributed by atoms with E-state index in [1.165, 1.54) is 5.56 Å². The number of aryl methyl sites for hydroxylation is 1. The number of amides is 1. The van der Waals surface area contributed by atoms with Gasteiger partial charge in [0.2, 0.25) is 17.6 Å². The third kappa shape index (κ3) is 5.02. The maximum atomic E-state index is 13.0. The van der Waals surface area contributed by atoms with Crippen LogP contribution in [0.15, 0.2) is 47.0 Å². The van der Waals surface area contributed by atoms with Crippen molar-refractivity contribution in [3.63, 3.8) is 0 Å². The second kappa shape index (κ2) is 10.1. The maximum absolute atomic E-state index is 13.0. The summed E-state index contributed by atoms with van der Waals surface area (Å²) in [5, 5.41) is 4.10. The van der Waals surface area contributed by atoms with Crippen LogP contribution in [0.5, 0.6) is 11.5 Å². The molecule has 1 aliphatic heterocycles. The van der Waals surface area contributed by atoms with E-state index in [1.54, 1.807) is 14.2 Å². The van der Waals surface area contributed by atoms with E-state index in [0.29, 0.717) is 42.0 Å². The van der Waals surface area contributed by atoms with Crippen molar-refractivity contribution in [2.24, 2.45) is 0 Å². The van der Waals surface area contributed by atoms with Crippen LogP contribution in [0.1, 0.15) is 62.1 Å². The highest BCUT2D eigenvalue weighted by Gasteiger charge is 2.30. The van der Waals surface area contributed by atoms with Crippen LogP contribution in [0, 0.1) is 0 Å². The SMILES string of the molecule is COc1ccc(C2CCCN2C(=O)CCc2nc(-c3ccc(C(C)C)cc3)no2)cc1OC. The summed E-state index contributed by atoms with van der Waals surface area (Å²) in [5.74, 6) is 2.95. The van der Waals surface area contributed by atoms with Crippen LogP contribution in [0.25, 0.3) is 11.4 Å². The molecule has 0 radical (unpaired) electrons. The number of ether oxygens (including phenoxy) is 2. The highest BCUT2D eigenvalue weighted by molar-refractivity contribution is 5.77. The highest BCUT2D eigenvalue weighted by atomic mass is 16.5. The van der Waals surface area contributed by atoms with Crippen LogP contribution >= 0.6 is 0 Å². The zero-order valence-corrected chi connectivity index (χ0v) is 19.7. The molecule has 2 aromatic carbocycles. The molecule has 7 heteroatoms. The Bertz CT molecular complexity index is 1090. The van der Waals surface area contributed by atoms with Gasteiger partial charge in [0, 0.05) is 24.9 Å². The molecule has 3 aromatic rings. The molecule has 33 heavy (non-hydrogen) atoms. The lowest BCUT2D eigenvalue weighted by Gasteiger charge is -2.25. The number of benzene rings is 2. The Hall–Kier alpha value is -3.35. The molecule has 1 saturated heterocycles. The molecule has 1 fully saturated rings. The van der Waals surface area contributed by atoms with Crippen LogP contribution in [0.2, 0.25) is 0 Å². The second-order valence-electron chi connectivity index (χ2n) is 8.65. The van der Waals surface area contributed by atoms with Crippen LogP contribution in [-0.4, -0.2) is 41.7 Å². The normalized spacial score (nSPS) is 15.8. The number of rotatable bonds is 8. The third-order valence-electron chi connectivity index (χ3n) is 6.22. The lowest BCUT2D eigenvalue weighted by molar-refractivity contribution is -0.132. The van der Waals surface area contributed by atoms with E-state index in [4.69, 9.17) is 14.0 Å². The molecule has 7 nitrogen and oxygen atoms in total. The molecule has 1 aromatic heterocycles. The Kier molecular flexibility index (Phi) is 6.96. The van der Waals surface area contributed by atoms with Crippen molar-refractivity contribution in [3.8, 4) is 22.9 Å². The molecule has 1 aliphatic rings. The monoisotopic (exact) mass is 449 g/mol. The van der Waals surface area contributed by atoms with Crippen molar-refractivity contribution in [2.75, 3.05) is 20.8 Å². The summed E-state index contributed by atoms with van der Waals surface area (Å²) < 4.78 is 16.2. The Morgan fingerprint density at radius 3 is 2.58 bits per heavy atom. The third-order valence-corrected chi connectivity index (χ3v) is 6.22. The highest BCUT2D eigenvalue weighted by Crippen LogP contribution is 2.37. The van der Waals surface area contributed by atoms with Gasteiger partial charge in [-0.2, -0.15) is 4.98 Å². The van der Waals surface area contributed by atoms with E-state index in [9.17, 15) is 4.79 Å². The van der Waals surface area contributed by atoms with Crippen molar-refractivity contribution < 1.29 is 18.8 Å². The largest absolute Gasteiger partial charge is 0.493 e.